The number of halogens is 2. The van der Waals surface area contributed by atoms with E-state index in [9.17, 15) is 14.0 Å². The lowest BCUT2D eigenvalue weighted by molar-refractivity contribution is 0.0998. The van der Waals surface area contributed by atoms with Crippen molar-refractivity contribution in [1.29, 1.82) is 0 Å². The predicted octanol–water partition coefficient (Wildman–Crippen LogP) is 2.78. The van der Waals surface area contributed by atoms with Crippen molar-refractivity contribution >= 4 is 40.1 Å². The third-order valence-corrected chi connectivity index (χ3v) is 3.50. The van der Waals surface area contributed by atoms with Gasteiger partial charge in [-0.1, -0.05) is 0 Å². The number of rotatable bonds is 3. The molecular formula is C14H10FIN2O2. The topological polar surface area (TPSA) is 72.2 Å². The van der Waals surface area contributed by atoms with Gasteiger partial charge in [0.1, 0.15) is 5.82 Å². The molecule has 0 atom stereocenters. The van der Waals surface area contributed by atoms with Crippen molar-refractivity contribution in [2.24, 2.45) is 5.73 Å². The van der Waals surface area contributed by atoms with Crippen LogP contribution in [-0.4, -0.2) is 11.8 Å². The molecule has 0 spiro atoms. The van der Waals surface area contributed by atoms with Crippen LogP contribution in [0.3, 0.4) is 0 Å². The first-order valence-corrected chi connectivity index (χ1v) is 6.71. The SMILES string of the molecule is NC(=O)c1ccc(NC(=O)c2ccc(F)cc2I)cc1. The number of benzene rings is 2. The van der Waals surface area contributed by atoms with Gasteiger partial charge in [-0.05, 0) is 65.1 Å². The highest BCUT2D eigenvalue weighted by atomic mass is 127. The lowest BCUT2D eigenvalue weighted by atomic mass is 10.1. The Labute approximate surface area is 128 Å². The van der Waals surface area contributed by atoms with E-state index in [1.165, 1.54) is 30.3 Å². The van der Waals surface area contributed by atoms with Crippen molar-refractivity contribution in [2.45, 2.75) is 0 Å². The molecule has 0 aromatic heterocycles. The molecule has 102 valence electrons. The standard InChI is InChI=1S/C14H10FIN2O2/c15-9-3-6-11(12(16)7-9)14(20)18-10-4-1-8(2-5-10)13(17)19/h1-7H,(H2,17,19)(H,18,20). The number of amides is 2. The van der Waals surface area contributed by atoms with E-state index in [0.717, 1.165) is 0 Å². The highest BCUT2D eigenvalue weighted by Gasteiger charge is 2.11. The smallest absolute Gasteiger partial charge is 0.256 e. The second-order valence-corrected chi connectivity index (χ2v) is 5.18. The Kier molecular flexibility index (Phi) is 4.33. The number of carbonyl (C=O) groups is 2. The molecule has 0 saturated heterocycles. The molecule has 2 aromatic carbocycles. The second-order valence-electron chi connectivity index (χ2n) is 4.02. The van der Waals surface area contributed by atoms with Crippen molar-refractivity contribution in [3.8, 4) is 0 Å². The maximum absolute atomic E-state index is 13.0. The molecule has 6 heteroatoms. The third-order valence-electron chi connectivity index (χ3n) is 2.60. The van der Waals surface area contributed by atoms with Crippen LogP contribution in [-0.2, 0) is 0 Å². The summed E-state index contributed by atoms with van der Waals surface area (Å²) in [7, 11) is 0. The molecule has 0 aliphatic carbocycles. The predicted molar refractivity (Wildman–Crippen MR) is 82.0 cm³/mol. The number of nitrogens with one attached hydrogen (secondary N) is 1. The fourth-order valence-electron chi connectivity index (χ4n) is 1.59. The first-order valence-electron chi connectivity index (χ1n) is 5.63. The third kappa shape index (κ3) is 3.32. The molecule has 2 amide bonds. The van der Waals surface area contributed by atoms with Crippen LogP contribution < -0.4 is 11.1 Å². The molecule has 0 aliphatic heterocycles. The summed E-state index contributed by atoms with van der Waals surface area (Å²) in [5.74, 6) is -1.27. The fraction of sp³-hybridized carbons (Fsp3) is 0. The van der Waals surface area contributed by atoms with E-state index >= 15 is 0 Å². The van der Waals surface area contributed by atoms with Gasteiger partial charge in [-0.3, -0.25) is 9.59 Å². The summed E-state index contributed by atoms with van der Waals surface area (Å²) < 4.78 is 13.5. The molecule has 0 unspecified atom stereocenters. The summed E-state index contributed by atoms with van der Waals surface area (Å²) in [5.41, 5.74) is 6.40. The molecular weight excluding hydrogens is 374 g/mol. The highest BCUT2D eigenvalue weighted by molar-refractivity contribution is 14.1. The Morgan fingerprint density at radius 1 is 1.10 bits per heavy atom. The van der Waals surface area contributed by atoms with E-state index < -0.39 is 11.7 Å². The Bertz CT molecular complexity index is 671. The molecule has 3 N–H and O–H groups in total. The van der Waals surface area contributed by atoms with Crippen LogP contribution in [0.4, 0.5) is 10.1 Å². The van der Waals surface area contributed by atoms with Crippen molar-refractivity contribution in [3.05, 3.63) is 63.0 Å². The Balaban J connectivity index is 2.17. The van der Waals surface area contributed by atoms with Crippen molar-refractivity contribution in [3.63, 3.8) is 0 Å². The Morgan fingerprint density at radius 2 is 1.75 bits per heavy atom. The maximum Gasteiger partial charge on any atom is 0.256 e. The van der Waals surface area contributed by atoms with E-state index in [2.05, 4.69) is 5.32 Å². The quantitative estimate of drug-likeness (QED) is 0.799. The van der Waals surface area contributed by atoms with Gasteiger partial charge in [0.2, 0.25) is 5.91 Å². The molecule has 20 heavy (non-hydrogen) atoms. The molecule has 0 bridgehead atoms. The van der Waals surface area contributed by atoms with E-state index in [1.807, 2.05) is 22.6 Å². The van der Waals surface area contributed by atoms with E-state index in [0.29, 0.717) is 20.4 Å². The molecule has 2 rings (SSSR count). The fourth-order valence-corrected chi connectivity index (χ4v) is 2.31. The van der Waals surface area contributed by atoms with Crippen molar-refractivity contribution in [2.75, 3.05) is 5.32 Å². The average Bonchev–Trinajstić information content (AvgIpc) is 2.39. The summed E-state index contributed by atoms with van der Waals surface area (Å²) in [6.45, 7) is 0. The first-order chi connectivity index (χ1) is 9.47. The minimum Gasteiger partial charge on any atom is -0.366 e. The van der Waals surface area contributed by atoms with Gasteiger partial charge in [0, 0.05) is 14.8 Å². The number of hydrogen-bond donors (Lipinski definition) is 2. The molecule has 2 aromatic rings. The van der Waals surface area contributed by atoms with Gasteiger partial charge >= 0.3 is 0 Å². The van der Waals surface area contributed by atoms with Crippen LogP contribution in [0.1, 0.15) is 20.7 Å². The van der Waals surface area contributed by atoms with Gasteiger partial charge in [0.05, 0.1) is 5.56 Å². The van der Waals surface area contributed by atoms with Crippen LogP contribution in [0.25, 0.3) is 0 Å². The van der Waals surface area contributed by atoms with Gasteiger partial charge in [0.25, 0.3) is 5.91 Å². The summed E-state index contributed by atoms with van der Waals surface area (Å²) >= 11 is 1.90. The largest absolute Gasteiger partial charge is 0.366 e. The van der Waals surface area contributed by atoms with Gasteiger partial charge in [-0.25, -0.2) is 4.39 Å². The van der Waals surface area contributed by atoms with Gasteiger partial charge in [-0.2, -0.15) is 0 Å². The van der Waals surface area contributed by atoms with Crippen LogP contribution in [0.5, 0.6) is 0 Å². The zero-order chi connectivity index (χ0) is 14.7. The minimum atomic E-state index is -0.532. The molecule has 4 nitrogen and oxygen atoms in total. The van der Waals surface area contributed by atoms with E-state index in [1.54, 1.807) is 12.1 Å². The van der Waals surface area contributed by atoms with E-state index in [-0.39, 0.29) is 5.91 Å². The number of primary amides is 1. The first kappa shape index (κ1) is 14.4. The monoisotopic (exact) mass is 384 g/mol. The minimum absolute atomic E-state index is 0.346. The summed E-state index contributed by atoms with van der Waals surface area (Å²) in [4.78, 5) is 23.0. The summed E-state index contributed by atoms with van der Waals surface area (Å²) in [6.07, 6.45) is 0. The Hall–Kier alpha value is -1.96. The highest BCUT2D eigenvalue weighted by Crippen LogP contribution is 2.16. The number of nitrogens with two attached hydrogens (primary N) is 1. The zero-order valence-corrected chi connectivity index (χ0v) is 12.3. The Morgan fingerprint density at radius 3 is 2.30 bits per heavy atom. The lowest BCUT2D eigenvalue weighted by Gasteiger charge is -2.07. The van der Waals surface area contributed by atoms with Crippen LogP contribution in [0.2, 0.25) is 0 Å². The van der Waals surface area contributed by atoms with Crippen molar-refractivity contribution in [1.82, 2.24) is 0 Å². The normalized spacial score (nSPS) is 10.1. The number of hydrogen-bond acceptors (Lipinski definition) is 2. The van der Waals surface area contributed by atoms with Crippen LogP contribution >= 0.6 is 22.6 Å². The summed E-state index contributed by atoms with van der Waals surface area (Å²) in [5, 5.41) is 2.67. The zero-order valence-electron chi connectivity index (χ0n) is 10.2. The molecule has 0 radical (unpaired) electrons. The van der Waals surface area contributed by atoms with Crippen LogP contribution in [0.15, 0.2) is 42.5 Å². The van der Waals surface area contributed by atoms with Crippen molar-refractivity contribution < 1.29 is 14.0 Å². The van der Waals surface area contributed by atoms with Gasteiger partial charge in [0.15, 0.2) is 0 Å². The lowest BCUT2D eigenvalue weighted by Crippen LogP contribution is -2.14. The van der Waals surface area contributed by atoms with Gasteiger partial charge < -0.3 is 11.1 Å². The molecule has 0 fully saturated rings. The number of anilines is 1. The molecule has 0 heterocycles. The maximum atomic E-state index is 13.0. The summed E-state index contributed by atoms with van der Waals surface area (Å²) in [6, 6.07) is 10.1. The molecule has 0 aliphatic rings. The number of carbonyl (C=O) groups excluding carboxylic acids is 2. The average molecular weight is 384 g/mol. The second kappa shape index (κ2) is 6.00. The van der Waals surface area contributed by atoms with Gasteiger partial charge in [-0.15, -0.1) is 0 Å². The molecule has 0 saturated carbocycles. The van der Waals surface area contributed by atoms with Crippen LogP contribution in [0, 0.1) is 9.39 Å². The van der Waals surface area contributed by atoms with E-state index in [4.69, 9.17) is 5.73 Å².